The molecule has 1 aromatic heterocycles. The molecule has 0 aliphatic carbocycles. The zero-order chi connectivity index (χ0) is 15.5. The molecular formula is C16H13Cl2N3O. The van der Waals surface area contributed by atoms with Crippen LogP contribution in [0.2, 0.25) is 10.0 Å². The molecule has 112 valence electrons. The van der Waals surface area contributed by atoms with E-state index in [-0.39, 0.29) is 5.91 Å². The molecule has 1 heterocycles. The second-order valence-corrected chi connectivity index (χ2v) is 5.67. The maximum absolute atomic E-state index is 12.1. The van der Waals surface area contributed by atoms with E-state index in [1.54, 1.807) is 18.2 Å². The summed E-state index contributed by atoms with van der Waals surface area (Å²) in [7, 11) is 0. The van der Waals surface area contributed by atoms with Crippen LogP contribution >= 0.6 is 23.2 Å². The molecule has 3 rings (SSSR count). The van der Waals surface area contributed by atoms with Gasteiger partial charge in [0.05, 0.1) is 21.6 Å². The van der Waals surface area contributed by atoms with Gasteiger partial charge in [-0.25, -0.2) is 4.98 Å². The largest absolute Gasteiger partial charge is 0.352 e. The monoisotopic (exact) mass is 333 g/mol. The summed E-state index contributed by atoms with van der Waals surface area (Å²) in [6, 6.07) is 12.6. The molecule has 0 unspecified atom stereocenters. The molecule has 6 heteroatoms. The van der Waals surface area contributed by atoms with Crippen LogP contribution in [-0.4, -0.2) is 22.4 Å². The molecule has 22 heavy (non-hydrogen) atoms. The van der Waals surface area contributed by atoms with Crippen molar-refractivity contribution in [3.05, 3.63) is 63.9 Å². The second kappa shape index (κ2) is 6.38. The normalized spacial score (nSPS) is 10.8. The third kappa shape index (κ3) is 3.24. The van der Waals surface area contributed by atoms with Gasteiger partial charge in [-0.3, -0.25) is 4.79 Å². The number of hydrogen-bond acceptors (Lipinski definition) is 2. The van der Waals surface area contributed by atoms with Gasteiger partial charge in [0, 0.05) is 18.0 Å². The van der Waals surface area contributed by atoms with Gasteiger partial charge in [-0.2, -0.15) is 0 Å². The van der Waals surface area contributed by atoms with Gasteiger partial charge in [0.2, 0.25) is 0 Å². The SMILES string of the molecule is O=C(NCCc1nc2ccccc2[nH]1)c1ccc(Cl)cc1Cl. The fourth-order valence-corrected chi connectivity index (χ4v) is 2.68. The number of rotatable bonds is 4. The summed E-state index contributed by atoms with van der Waals surface area (Å²) in [5.74, 6) is 0.612. The number of aromatic amines is 1. The van der Waals surface area contributed by atoms with Crippen LogP contribution in [0.4, 0.5) is 0 Å². The van der Waals surface area contributed by atoms with E-state index in [0.717, 1.165) is 16.9 Å². The van der Waals surface area contributed by atoms with Crippen molar-refractivity contribution in [2.45, 2.75) is 6.42 Å². The molecule has 0 aliphatic heterocycles. The van der Waals surface area contributed by atoms with Crippen molar-refractivity contribution in [1.29, 1.82) is 0 Å². The molecule has 4 nitrogen and oxygen atoms in total. The summed E-state index contributed by atoms with van der Waals surface area (Å²) in [6.07, 6.45) is 0.617. The van der Waals surface area contributed by atoms with Gasteiger partial charge in [-0.1, -0.05) is 35.3 Å². The molecule has 3 aromatic rings. The summed E-state index contributed by atoms with van der Waals surface area (Å²) in [5, 5.41) is 3.67. The number of halogens is 2. The van der Waals surface area contributed by atoms with Crippen molar-refractivity contribution < 1.29 is 4.79 Å². The zero-order valence-electron chi connectivity index (χ0n) is 11.6. The number of imidazole rings is 1. The van der Waals surface area contributed by atoms with E-state index < -0.39 is 0 Å². The Balaban J connectivity index is 1.61. The Kier molecular flexibility index (Phi) is 4.32. The van der Waals surface area contributed by atoms with Crippen LogP contribution in [-0.2, 0) is 6.42 Å². The first-order valence-electron chi connectivity index (χ1n) is 6.80. The van der Waals surface area contributed by atoms with Crippen LogP contribution in [0.15, 0.2) is 42.5 Å². The quantitative estimate of drug-likeness (QED) is 0.762. The van der Waals surface area contributed by atoms with Gasteiger partial charge >= 0.3 is 0 Å². The van der Waals surface area contributed by atoms with Crippen LogP contribution in [0.1, 0.15) is 16.2 Å². The minimum atomic E-state index is -0.224. The smallest absolute Gasteiger partial charge is 0.252 e. The Morgan fingerprint density at radius 1 is 1.18 bits per heavy atom. The number of hydrogen-bond donors (Lipinski definition) is 2. The number of carbonyl (C=O) groups is 1. The third-order valence-corrected chi connectivity index (χ3v) is 3.81. The molecule has 2 aromatic carbocycles. The highest BCUT2D eigenvalue weighted by Crippen LogP contribution is 2.20. The first kappa shape index (κ1) is 14.9. The van der Waals surface area contributed by atoms with Crippen LogP contribution in [0.3, 0.4) is 0 Å². The number of para-hydroxylation sites is 2. The molecule has 0 atom stereocenters. The molecule has 0 aliphatic rings. The van der Waals surface area contributed by atoms with Crippen LogP contribution in [0, 0.1) is 0 Å². The van der Waals surface area contributed by atoms with Gasteiger partial charge in [0.25, 0.3) is 5.91 Å². The molecule has 0 spiro atoms. The Labute approximate surface area is 137 Å². The van der Waals surface area contributed by atoms with Gasteiger partial charge < -0.3 is 10.3 Å². The number of H-pyrrole nitrogens is 1. The highest BCUT2D eigenvalue weighted by Gasteiger charge is 2.10. The lowest BCUT2D eigenvalue weighted by Gasteiger charge is -2.06. The summed E-state index contributed by atoms with van der Waals surface area (Å²) in [6.45, 7) is 0.470. The Morgan fingerprint density at radius 2 is 2.00 bits per heavy atom. The van der Waals surface area contributed by atoms with E-state index in [1.807, 2.05) is 24.3 Å². The zero-order valence-corrected chi connectivity index (χ0v) is 13.1. The number of amides is 1. The summed E-state index contributed by atoms with van der Waals surface area (Å²) in [5.41, 5.74) is 2.32. The molecule has 0 bridgehead atoms. The van der Waals surface area contributed by atoms with Gasteiger partial charge in [0.1, 0.15) is 5.82 Å². The molecule has 0 radical (unpaired) electrons. The third-order valence-electron chi connectivity index (χ3n) is 3.26. The molecule has 0 saturated carbocycles. The topological polar surface area (TPSA) is 57.8 Å². The van der Waals surface area contributed by atoms with E-state index in [4.69, 9.17) is 23.2 Å². The molecule has 1 amide bonds. The van der Waals surface area contributed by atoms with E-state index in [0.29, 0.717) is 28.6 Å². The van der Waals surface area contributed by atoms with Crippen molar-refractivity contribution in [3.8, 4) is 0 Å². The average molecular weight is 334 g/mol. The van der Waals surface area contributed by atoms with E-state index >= 15 is 0 Å². The van der Waals surface area contributed by atoms with Crippen LogP contribution in [0.5, 0.6) is 0 Å². The van der Waals surface area contributed by atoms with Gasteiger partial charge in [-0.05, 0) is 30.3 Å². The number of fused-ring (bicyclic) bond motifs is 1. The van der Waals surface area contributed by atoms with Crippen molar-refractivity contribution in [1.82, 2.24) is 15.3 Å². The fourth-order valence-electron chi connectivity index (χ4n) is 2.19. The number of nitrogens with one attached hydrogen (secondary N) is 2. The lowest BCUT2D eigenvalue weighted by atomic mass is 10.2. The average Bonchev–Trinajstić information content (AvgIpc) is 2.89. The number of benzene rings is 2. The lowest BCUT2D eigenvalue weighted by molar-refractivity contribution is 0.0954. The standard InChI is InChI=1S/C16H13Cl2N3O/c17-10-5-6-11(12(18)9-10)16(22)19-8-7-15-20-13-3-1-2-4-14(13)21-15/h1-6,9H,7-8H2,(H,19,22)(H,20,21). The highest BCUT2D eigenvalue weighted by molar-refractivity contribution is 6.36. The summed E-state index contributed by atoms with van der Waals surface area (Å²) >= 11 is 11.8. The first-order valence-corrected chi connectivity index (χ1v) is 7.56. The number of aromatic nitrogens is 2. The van der Waals surface area contributed by atoms with E-state index in [1.165, 1.54) is 0 Å². The fraction of sp³-hybridized carbons (Fsp3) is 0.125. The minimum absolute atomic E-state index is 0.224. The summed E-state index contributed by atoms with van der Waals surface area (Å²) < 4.78 is 0. The minimum Gasteiger partial charge on any atom is -0.352 e. The maximum atomic E-state index is 12.1. The number of nitrogens with zero attached hydrogens (tertiary/aromatic N) is 1. The first-order chi connectivity index (χ1) is 10.6. The van der Waals surface area contributed by atoms with E-state index in [2.05, 4.69) is 15.3 Å². The van der Waals surface area contributed by atoms with Crippen LogP contribution in [0.25, 0.3) is 11.0 Å². The Bertz CT molecular complexity index is 796. The summed E-state index contributed by atoms with van der Waals surface area (Å²) in [4.78, 5) is 19.8. The lowest BCUT2D eigenvalue weighted by Crippen LogP contribution is -2.26. The highest BCUT2D eigenvalue weighted by atomic mass is 35.5. The Hall–Kier alpha value is -2.04. The van der Waals surface area contributed by atoms with E-state index in [9.17, 15) is 4.79 Å². The second-order valence-electron chi connectivity index (χ2n) is 4.83. The van der Waals surface area contributed by atoms with Crippen molar-refractivity contribution in [2.75, 3.05) is 6.54 Å². The molecule has 0 saturated heterocycles. The van der Waals surface area contributed by atoms with Crippen LogP contribution < -0.4 is 5.32 Å². The number of carbonyl (C=O) groups excluding carboxylic acids is 1. The predicted octanol–water partition coefficient (Wildman–Crippen LogP) is 3.84. The maximum Gasteiger partial charge on any atom is 0.252 e. The van der Waals surface area contributed by atoms with Crippen molar-refractivity contribution >= 4 is 40.1 Å². The van der Waals surface area contributed by atoms with Gasteiger partial charge in [0.15, 0.2) is 0 Å². The Morgan fingerprint density at radius 3 is 2.77 bits per heavy atom. The predicted molar refractivity (Wildman–Crippen MR) is 88.6 cm³/mol. The van der Waals surface area contributed by atoms with Crippen molar-refractivity contribution in [3.63, 3.8) is 0 Å². The molecular weight excluding hydrogens is 321 g/mol. The van der Waals surface area contributed by atoms with Gasteiger partial charge in [-0.15, -0.1) is 0 Å². The molecule has 2 N–H and O–H groups in total. The molecule has 0 fully saturated rings. The van der Waals surface area contributed by atoms with Crippen molar-refractivity contribution in [2.24, 2.45) is 0 Å².